The maximum absolute atomic E-state index is 5.66. The molecule has 0 saturated heterocycles. The molecule has 0 saturated carbocycles. The molecule has 0 radical (unpaired) electrons. The van der Waals surface area contributed by atoms with Gasteiger partial charge in [-0.3, -0.25) is 0 Å². The number of benzene rings is 1. The molecular weight excluding hydrogens is 270 g/mol. The molecule has 4 nitrogen and oxygen atoms in total. The summed E-state index contributed by atoms with van der Waals surface area (Å²) in [5, 5.41) is 3.92. The van der Waals surface area contributed by atoms with Crippen molar-refractivity contribution in [2.24, 2.45) is 5.73 Å². The predicted octanol–water partition coefficient (Wildman–Crippen LogP) is 2.83. The zero-order valence-electron chi connectivity index (χ0n) is 9.07. The van der Waals surface area contributed by atoms with Gasteiger partial charge in [0.1, 0.15) is 0 Å². The molecule has 1 aromatic heterocycles. The Morgan fingerprint density at radius 1 is 1.44 bits per heavy atom. The van der Waals surface area contributed by atoms with E-state index in [0.29, 0.717) is 11.7 Å². The molecule has 0 spiro atoms. The highest BCUT2D eigenvalue weighted by Crippen LogP contribution is 2.24. The van der Waals surface area contributed by atoms with Crippen molar-refractivity contribution in [2.45, 2.75) is 19.9 Å². The van der Waals surface area contributed by atoms with Crippen molar-refractivity contribution in [3.05, 3.63) is 34.1 Å². The summed E-state index contributed by atoms with van der Waals surface area (Å²) in [6.45, 7) is 3.81. The predicted molar refractivity (Wildman–Crippen MR) is 64.8 cm³/mol. The molecular formula is C11H12BrN3O. The third kappa shape index (κ3) is 2.15. The lowest BCUT2D eigenvalue weighted by Gasteiger charge is -2.00. The molecule has 0 fully saturated rings. The van der Waals surface area contributed by atoms with Crippen LogP contribution in [-0.2, 0) is 0 Å². The largest absolute Gasteiger partial charge is 0.337 e. The van der Waals surface area contributed by atoms with Gasteiger partial charge in [0, 0.05) is 10.0 Å². The van der Waals surface area contributed by atoms with E-state index < -0.39 is 0 Å². The number of nitrogens with zero attached hydrogens (tertiary/aromatic N) is 2. The Morgan fingerprint density at radius 3 is 2.75 bits per heavy atom. The summed E-state index contributed by atoms with van der Waals surface area (Å²) in [6, 6.07) is 5.67. The van der Waals surface area contributed by atoms with Gasteiger partial charge < -0.3 is 10.3 Å². The molecule has 0 amide bonds. The Hall–Kier alpha value is -1.20. The summed E-state index contributed by atoms with van der Waals surface area (Å²) in [4.78, 5) is 4.25. The van der Waals surface area contributed by atoms with Crippen LogP contribution in [0.4, 0.5) is 0 Å². The van der Waals surface area contributed by atoms with Crippen molar-refractivity contribution in [1.29, 1.82) is 0 Å². The van der Waals surface area contributed by atoms with Crippen LogP contribution in [0, 0.1) is 6.92 Å². The molecule has 2 aromatic rings. The Labute approximate surface area is 102 Å². The van der Waals surface area contributed by atoms with Crippen LogP contribution >= 0.6 is 15.9 Å². The van der Waals surface area contributed by atoms with Crippen LogP contribution in [0.15, 0.2) is 27.2 Å². The number of hydrogen-bond donors (Lipinski definition) is 1. The van der Waals surface area contributed by atoms with E-state index >= 15 is 0 Å². The van der Waals surface area contributed by atoms with Crippen molar-refractivity contribution >= 4 is 15.9 Å². The van der Waals surface area contributed by atoms with Crippen molar-refractivity contribution in [3.8, 4) is 11.4 Å². The first-order valence-electron chi connectivity index (χ1n) is 4.93. The van der Waals surface area contributed by atoms with Crippen LogP contribution in [0.25, 0.3) is 11.4 Å². The van der Waals surface area contributed by atoms with Crippen molar-refractivity contribution in [3.63, 3.8) is 0 Å². The topological polar surface area (TPSA) is 64.9 Å². The van der Waals surface area contributed by atoms with E-state index in [0.717, 1.165) is 15.6 Å². The highest BCUT2D eigenvalue weighted by molar-refractivity contribution is 9.10. The summed E-state index contributed by atoms with van der Waals surface area (Å²) in [5.74, 6) is 1.04. The fourth-order valence-electron chi connectivity index (χ4n) is 1.41. The molecule has 1 unspecified atom stereocenters. The van der Waals surface area contributed by atoms with Gasteiger partial charge in [-0.25, -0.2) is 0 Å². The van der Waals surface area contributed by atoms with E-state index in [2.05, 4.69) is 26.1 Å². The Balaban J connectivity index is 2.42. The van der Waals surface area contributed by atoms with E-state index in [1.807, 2.05) is 32.0 Å². The van der Waals surface area contributed by atoms with Gasteiger partial charge >= 0.3 is 0 Å². The molecule has 0 aliphatic carbocycles. The van der Waals surface area contributed by atoms with Crippen LogP contribution < -0.4 is 5.73 Å². The second kappa shape index (κ2) is 4.35. The fourth-order valence-corrected chi connectivity index (χ4v) is 1.88. The van der Waals surface area contributed by atoms with Gasteiger partial charge in [-0.15, -0.1) is 0 Å². The van der Waals surface area contributed by atoms with E-state index in [-0.39, 0.29) is 6.04 Å². The second-order valence-electron chi connectivity index (χ2n) is 3.70. The smallest absolute Gasteiger partial charge is 0.243 e. The van der Waals surface area contributed by atoms with Gasteiger partial charge in [-0.1, -0.05) is 21.1 Å². The number of rotatable bonds is 2. The maximum Gasteiger partial charge on any atom is 0.243 e. The van der Waals surface area contributed by atoms with Gasteiger partial charge in [-0.05, 0) is 37.6 Å². The summed E-state index contributed by atoms with van der Waals surface area (Å²) in [5.41, 5.74) is 7.71. The Bertz CT molecular complexity index is 508. The third-order valence-corrected chi connectivity index (χ3v) is 2.75. The van der Waals surface area contributed by atoms with E-state index in [1.165, 1.54) is 0 Å². The Kier molecular flexibility index (Phi) is 3.07. The monoisotopic (exact) mass is 281 g/mol. The molecule has 2 rings (SSSR count). The van der Waals surface area contributed by atoms with Crippen LogP contribution in [0.3, 0.4) is 0 Å². The minimum absolute atomic E-state index is 0.239. The summed E-state index contributed by atoms with van der Waals surface area (Å²) in [7, 11) is 0. The molecule has 0 aliphatic rings. The molecule has 84 valence electrons. The first-order valence-corrected chi connectivity index (χ1v) is 5.73. The first-order chi connectivity index (χ1) is 7.58. The standard InChI is InChI=1S/C11H12BrN3O/c1-6-5-8(12)3-4-9(6)10-14-11(7(2)13)16-15-10/h3-5,7H,13H2,1-2H3. The molecule has 1 atom stereocenters. The van der Waals surface area contributed by atoms with Crippen molar-refractivity contribution in [1.82, 2.24) is 10.1 Å². The molecule has 2 N–H and O–H groups in total. The maximum atomic E-state index is 5.66. The van der Waals surface area contributed by atoms with E-state index in [4.69, 9.17) is 10.3 Å². The molecule has 5 heteroatoms. The molecule has 0 aliphatic heterocycles. The highest BCUT2D eigenvalue weighted by Gasteiger charge is 2.13. The van der Waals surface area contributed by atoms with Crippen molar-refractivity contribution < 1.29 is 4.52 Å². The van der Waals surface area contributed by atoms with Gasteiger partial charge in [0.05, 0.1) is 6.04 Å². The van der Waals surface area contributed by atoms with Crippen LogP contribution in [-0.4, -0.2) is 10.1 Å². The van der Waals surface area contributed by atoms with Gasteiger partial charge in [0.15, 0.2) is 0 Å². The third-order valence-electron chi connectivity index (χ3n) is 2.26. The Morgan fingerprint density at radius 2 is 2.19 bits per heavy atom. The van der Waals surface area contributed by atoms with Gasteiger partial charge in [0.25, 0.3) is 0 Å². The average Bonchev–Trinajstić information content (AvgIpc) is 2.66. The van der Waals surface area contributed by atoms with Gasteiger partial charge in [-0.2, -0.15) is 4.98 Å². The lowest BCUT2D eigenvalue weighted by molar-refractivity contribution is 0.362. The zero-order valence-corrected chi connectivity index (χ0v) is 10.7. The summed E-state index contributed by atoms with van der Waals surface area (Å²) >= 11 is 3.41. The zero-order chi connectivity index (χ0) is 11.7. The lowest BCUT2D eigenvalue weighted by atomic mass is 10.1. The van der Waals surface area contributed by atoms with E-state index in [1.54, 1.807) is 0 Å². The second-order valence-corrected chi connectivity index (χ2v) is 4.62. The van der Waals surface area contributed by atoms with Crippen LogP contribution in [0.5, 0.6) is 0 Å². The highest BCUT2D eigenvalue weighted by atomic mass is 79.9. The molecule has 16 heavy (non-hydrogen) atoms. The minimum Gasteiger partial charge on any atom is -0.337 e. The minimum atomic E-state index is -0.239. The molecule has 1 heterocycles. The van der Waals surface area contributed by atoms with E-state index in [9.17, 15) is 0 Å². The number of halogens is 1. The van der Waals surface area contributed by atoms with Gasteiger partial charge in [0.2, 0.25) is 11.7 Å². The average molecular weight is 282 g/mol. The summed E-state index contributed by atoms with van der Waals surface area (Å²) in [6.07, 6.45) is 0. The molecule has 0 bridgehead atoms. The summed E-state index contributed by atoms with van der Waals surface area (Å²) < 4.78 is 6.10. The SMILES string of the molecule is Cc1cc(Br)ccc1-c1noc(C(C)N)n1. The normalized spacial score (nSPS) is 12.8. The number of nitrogens with two attached hydrogens (primary N) is 1. The fraction of sp³-hybridized carbons (Fsp3) is 0.273. The number of hydrogen-bond acceptors (Lipinski definition) is 4. The van der Waals surface area contributed by atoms with Crippen LogP contribution in [0.1, 0.15) is 24.4 Å². The number of aromatic nitrogens is 2. The lowest BCUT2D eigenvalue weighted by Crippen LogP contribution is -2.04. The quantitative estimate of drug-likeness (QED) is 0.919. The molecule has 1 aromatic carbocycles. The number of aryl methyl sites for hydroxylation is 1. The van der Waals surface area contributed by atoms with Crippen LogP contribution in [0.2, 0.25) is 0 Å². The first kappa shape index (κ1) is 11.3. The van der Waals surface area contributed by atoms with Crippen molar-refractivity contribution in [2.75, 3.05) is 0 Å².